The molecule has 0 heterocycles. The van der Waals surface area contributed by atoms with Crippen molar-refractivity contribution in [3.8, 4) is 11.1 Å². The van der Waals surface area contributed by atoms with E-state index in [-0.39, 0.29) is 0 Å². The van der Waals surface area contributed by atoms with Crippen LogP contribution in [0.4, 0.5) is 0 Å². The molecule has 4 rings (SSSR count). The molecule has 4 aromatic rings. The zero-order chi connectivity index (χ0) is 27.1. The average Bonchev–Trinajstić information content (AvgIpc) is 2.84. The lowest BCUT2D eigenvalue weighted by atomic mass is 9.55. The molecule has 0 spiro atoms. The van der Waals surface area contributed by atoms with Gasteiger partial charge in [0.2, 0.25) is 0 Å². The fourth-order valence-electron chi connectivity index (χ4n) is 6.56. The Morgan fingerprint density at radius 1 is 0.306 bits per heavy atom. The van der Waals surface area contributed by atoms with Crippen molar-refractivity contribution in [3.63, 3.8) is 0 Å². The highest BCUT2D eigenvalue weighted by molar-refractivity contribution is 6.78. The maximum absolute atomic E-state index is 10.9. The van der Waals surface area contributed by atoms with Crippen LogP contribution in [0, 0.1) is 0 Å². The number of benzene rings is 4. The van der Waals surface area contributed by atoms with Crippen LogP contribution in [0.3, 0.4) is 0 Å². The van der Waals surface area contributed by atoms with E-state index >= 15 is 0 Å². The van der Waals surface area contributed by atoms with Crippen molar-refractivity contribution in [3.05, 3.63) is 0 Å². The van der Waals surface area contributed by atoms with Gasteiger partial charge in [0.1, 0.15) is 102 Å². The minimum atomic E-state index is -1.56. The topological polar surface area (TPSA) is 40.5 Å². The van der Waals surface area contributed by atoms with Gasteiger partial charge in [0.25, 0.3) is 0 Å². The van der Waals surface area contributed by atoms with E-state index in [1.807, 2.05) is 0 Å². The van der Waals surface area contributed by atoms with Crippen LogP contribution in [0.1, 0.15) is 0 Å². The molecule has 0 aliphatic rings. The largest absolute Gasteiger partial charge is 0.489 e. The van der Waals surface area contributed by atoms with Crippen molar-refractivity contribution in [2.45, 2.75) is 0 Å². The monoisotopic (exact) mass is 454 g/mol. The highest BCUT2D eigenvalue weighted by Crippen LogP contribution is 2.30. The van der Waals surface area contributed by atoms with Crippen LogP contribution in [-0.4, -0.2) is 119 Å². The molecule has 0 unspecified atom stereocenters. The predicted octanol–water partition coefficient (Wildman–Crippen LogP) is -19.3. The fraction of sp³-hybridized carbons (Fsp3) is 0. The summed E-state index contributed by atoms with van der Waals surface area (Å²) in [4.78, 5) is 0. The molecule has 162 valence electrons. The molecule has 0 aliphatic carbocycles. The minimum Gasteiger partial charge on any atom is -0.423 e. The Hall–Kier alpha value is -1.77. The Kier molecular flexibility index (Phi) is 6.97. The van der Waals surface area contributed by atoms with Gasteiger partial charge in [0.05, 0.1) is 0 Å². The van der Waals surface area contributed by atoms with Crippen LogP contribution >= 0.6 is 0 Å². The van der Waals surface area contributed by atoms with Gasteiger partial charge in [0, 0.05) is 0 Å². The molecule has 0 aromatic heterocycles. The van der Waals surface area contributed by atoms with Crippen LogP contribution < -0.4 is 76.5 Å². The van der Waals surface area contributed by atoms with Crippen LogP contribution in [-0.2, 0) is 0 Å². The maximum atomic E-state index is 10.9. The SMILES string of the molecule is Bc1c(B)c(B)c(-c2c3c(B)c(B)c(B)c(B)c3c(B(O)O)c3c(B)c(B)c(B)c(B)c23)c(B)c1B. The van der Waals surface area contributed by atoms with Crippen LogP contribution in [0.5, 0.6) is 0 Å². The van der Waals surface area contributed by atoms with Gasteiger partial charge < -0.3 is 10.0 Å². The highest BCUT2D eigenvalue weighted by atomic mass is 16.4. The molecule has 36 heavy (non-hydrogen) atoms. The third-order valence-corrected chi connectivity index (χ3v) is 9.92. The molecule has 0 atom stereocenters. The van der Waals surface area contributed by atoms with Gasteiger partial charge in [-0.3, -0.25) is 0 Å². The van der Waals surface area contributed by atoms with Crippen molar-refractivity contribution >= 4 is 207 Å². The molecular weight excluding hydrogens is 424 g/mol. The molecule has 0 amide bonds. The van der Waals surface area contributed by atoms with Crippen LogP contribution in [0.25, 0.3) is 32.7 Å². The Morgan fingerprint density at radius 3 is 0.861 bits per heavy atom. The second-order valence-corrected chi connectivity index (χ2v) is 11.2. The van der Waals surface area contributed by atoms with Crippen molar-refractivity contribution in [2.24, 2.45) is 0 Å². The van der Waals surface area contributed by atoms with Crippen molar-refractivity contribution < 1.29 is 10.0 Å². The molecule has 0 radical (unpaired) electrons. The van der Waals surface area contributed by atoms with E-state index in [9.17, 15) is 10.0 Å². The van der Waals surface area contributed by atoms with Gasteiger partial charge in [-0.05, 0) is 38.1 Å². The Balaban J connectivity index is 2.60. The molecule has 0 saturated heterocycles. The summed E-state index contributed by atoms with van der Waals surface area (Å²) < 4.78 is 0. The van der Waals surface area contributed by atoms with Crippen LogP contribution in [0.15, 0.2) is 0 Å². The van der Waals surface area contributed by atoms with Gasteiger partial charge in [-0.25, -0.2) is 0 Å². The lowest BCUT2D eigenvalue weighted by Gasteiger charge is -2.30. The Bertz CT molecular complexity index is 1540. The van der Waals surface area contributed by atoms with E-state index in [1.54, 1.807) is 0 Å². The predicted molar refractivity (Wildman–Crippen MR) is 203 cm³/mol. The number of hydrogen-bond donors (Lipinski definition) is 2. The van der Waals surface area contributed by atoms with E-state index in [1.165, 1.54) is 71.2 Å². The smallest absolute Gasteiger partial charge is 0.423 e. The second-order valence-electron chi connectivity index (χ2n) is 11.2. The molecule has 2 nitrogen and oxygen atoms in total. The first-order valence-electron chi connectivity index (χ1n) is 13.1. The number of hydrogen-bond acceptors (Lipinski definition) is 2. The van der Waals surface area contributed by atoms with Crippen molar-refractivity contribution in [1.82, 2.24) is 0 Å². The first kappa shape index (κ1) is 27.3. The Labute approximate surface area is 227 Å². The molecule has 0 fully saturated rings. The summed E-state index contributed by atoms with van der Waals surface area (Å²) in [5, 5.41) is 26.1. The quantitative estimate of drug-likeness (QED) is 0.235. The van der Waals surface area contributed by atoms with E-state index in [4.69, 9.17) is 0 Å². The summed E-state index contributed by atoms with van der Waals surface area (Å²) in [7, 11) is 27.0. The highest BCUT2D eigenvalue weighted by Gasteiger charge is 2.29. The van der Waals surface area contributed by atoms with E-state index in [0.717, 1.165) is 32.5 Å². The van der Waals surface area contributed by atoms with Crippen molar-refractivity contribution in [1.29, 1.82) is 0 Å². The zero-order valence-corrected chi connectivity index (χ0v) is 24.5. The maximum Gasteiger partial charge on any atom is 0.489 e. The molecule has 2 N–H and O–H groups in total. The molecule has 0 saturated carbocycles. The zero-order valence-electron chi connectivity index (χ0n) is 24.5. The van der Waals surface area contributed by atoms with E-state index in [0.29, 0.717) is 5.46 Å². The summed E-state index contributed by atoms with van der Waals surface area (Å²) >= 11 is 0. The summed E-state index contributed by atoms with van der Waals surface area (Å²) in [6, 6.07) is 0. The molecular formula is C20H28B14O2. The third kappa shape index (κ3) is 3.54. The molecule has 16 heteroatoms. The first-order valence-corrected chi connectivity index (χ1v) is 13.1. The number of fused-ring (bicyclic) bond motifs is 2. The summed E-state index contributed by atoms with van der Waals surface area (Å²) in [6.45, 7) is 0. The molecule has 4 aromatic carbocycles. The second kappa shape index (κ2) is 9.21. The van der Waals surface area contributed by atoms with Gasteiger partial charge in [-0.2, -0.15) is 0 Å². The molecule has 0 bridgehead atoms. The summed E-state index contributed by atoms with van der Waals surface area (Å²) in [5.74, 6) is 0. The fourth-order valence-corrected chi connectivity index (χ4v) is 6.56. The first-order chi connectivity index (χ1) is 16.7. The standard InChI is InChI=1S/C20H28B14O2/c21-7-2-1(4-9(23)15(29)19(33)16(30)10(4)24)3-6(12(26)18(32)14(28)8(3)22)20(34(35)36)5(2)11(25)17(31)13(7)27/h35-36H,21-33H2. The summed E-state index contributed by atoms with van der Waals surface area (Å²) in [5.41, 5.74) is 19.5. The van der Waals surface area contributed by atoms with Gasteiger partial charge in [0.15, 0.2) is 0 Å². The van der Waals surface area contributed by atoms with E-state index < -0.39 is 7.12 Å². The third-order valence-electron chi connectivity index (χ3n) is 9.92. The van der Waals surface area contributed by atoms with E-state index in [2.05, 4.69) is 102 Å². The normalized spacial score (nSPS) is 11.4. The van der Waals surface area contributed by atoms with Crippen LogP contribution in [0.2, 0.25) is 0 Å². The number of rotatable bonds is 2. The molecule has 0 aliphatic heterocycles. The Morgan fingerprint density at radius 2 is 0.556 bits per heavy atom. The van der Waals surface area contributed by atoms with Gasteiger partial charge >= 0.3 is 7.12 Å². The lowest BCUT2D eigenvalue weighted by molar-refractivity contribution is 0.426. The minimum absolute atomic E-state index is 0.645. The van der Waals surface area contributed by atoms with Gasteiger partial charge in [-0.15, -0.1) is 38.2 Å². The van der Waals surface area contributed by atoms with Gasteiger partial charge in [-0.1, -0.05) is 32.8 Å². The lowest BCUT2D eigenvalue weighted by Crippen LogP contribution is -2.56. The average molecular weight is 452 g/mol. The summed E-state index contributed by atoms with van der Waals surface area (Å²) in [6.07, 6.45) is 0. The van der Waals surface area contributed by atoms with Crippen molar-refractivity contribution in [2.75, 3.05) is 0 Å².